The molecular weight excluding hydrogens is 476 g/mol. The summed E-state index contributed by atoms with van der Waals surface area (Å²) in [7, 11) is 1.42. The van der Waals surface area contributed by atoms with Crippen LogP contribution in [0.4, 0.5) is 5.69 Å². The zero-order chi connectivity index (χ0) is 21.8. The van der Waals surface area contributed by atoms with Gasteiger partial charge in [-0.2, -0.15) is 15.8 Å². The lowest BCUT2D eigenvalue weighted by Gasteiger charge is -2.14. The lowest BCUT2D eigenvalue weighted by Crippen LogP contribution is -2.22. The summed E-state index contributed by atoms with van der Waals surface area (Å²) < 4.78 is 1.67. The third-order valence-electron chi connectivity index (χ3n) is 3.97. The van der Waals surface area contributed by atoms with Gasteiger partial charge >= 0.3 is 5.97 Å². The Labute approximate surface area is 184 Å². The van der Waals surface area contributed by atoms with Crippen LogP contribution in [0.3, 0.4) is 0 Å². The molecule has 2 heterocycles. The van der Waals surface area contributed by atoms with Gasteiger partial charge in [0.15, 0.2) is 5.82 Å². The van der Waals surface area contributed by atoms with Crippen LogP contribution in [0.2, 0.25) is 5.02 Å². The Bertz CT molecular complexity index is 1190. The number of amides is 1. The van der Waals surface area contributed by atoms with Crippen LogP contribution in [0.1, 0.15) is 32.0 Å². The maximum Gasteiger partial charge on any atom is 0.358 e. The van der Waals surface area contributed by atoms with Crippen LogP contribution >= 0.6 is 27.5 Å². The number of benzene rings is 1. The molecule has 3 aromatic rings. The summed E-state index contributed by atoms with van der Waals surface area (Å²) in [6.45, 7) is 1.66. The van der Waals surface area contributed by atoms with Gasteiger partial charge in [-0.05, 0) is 52.7 Å². The number of aryl methyl sites for hydroxylation is 1. The van der Waals surface area contributed by atoms with Crippen molar-refractivity contribution in [3.05, 3.63) is 68.5 Å². The van der Waals surface area contributed by atoms with Crippen LogP contribution in [0.15, 0.2) is 41.1 Å². The Balaban J connectivity index is 2.05. The van der Waals surface area contributed by atoms with Gasteiger partial charge in [0.1, 0.15) is 10.3 Å². The Morgan fingerprint density at radius 1 is 1.33 bits per heavy atom. The molecule has 0 bridgehead atoms. The number of aromatic nitrogens is 3. The summed E-state index contributed by atoms with van der Waals surface area (Å²) in [4.78, 5) is 34.4. The molecule has 0 spiro atoms. The molecule has 11 heteroatoms. The van der Waals surface area contributed by atoms with Gasteiger partial charge in [-0.3, -0.25) is 4.79 Å². The van der Waals surface area contributed by atoms with Gasteiger partial charge in [-0.15, -0.1) is 0 Å². The van der Waals surface area contributed by atoms with E-state index in [4.69, 9.17) is 16.4 Å². The normalized spacial score (nSPS) is 10.4. The Kier molecular flexibility index (Phi) is 6.47. The molecule has 0 aliphatic carbocycles. The highest BCUT2D eigenvalue weighted by Crippen LogP contribution is 2.26. The van der Waals surface area contributed by atoms with E-state index in [9.17, 15) is 14.9 Å². The number of carbonyl (C=O) groups excluding carboxylic acids is 2. The summed E-state index contributed by atoms with van der Waals surface area (Å²) in [6, 6.07) is 9.63. The Morgan fingerprint density at radius 2 is 2.10 bits per heavy atom. The summed E-state index contributed by atoms with van der Waals surface area (Å²) in [6.07, 6.45) is 1.52. The summed E-state index contributed by atoms with van der Waals surface area (Å²) >= 11 is 9.44. The fraction of sp³-hybridized carbons (Fsp3) is 0.105. The predicted octanol–water partition coefficient (Wildman–Crippen LogP) is 3.41. The zero-order valence-corrected chi connectivity index (χ0v) is 18.1. The van der Waals surface area contributed by atoms with E-state index in [0.29, 0.717) is 15.2 Å². The highest BCUT2D eigenvalue weighted by atomic mass is 79.9. The minimum Gasteiger partial charge on any atom is -0.367 e. The van der Waals surface area contributed by atoms with Gasteiger partial charge in [0, 0.05) is 19.3 Å². The van der Waals surface area contributed by atoms with Crippen LogP contribution in [-0.2, 0) is 4.84 Å². The van der Waals surface area contributed by atoms with Gasteiger partial charge in [-0.25, -0.2) is 14.5 Å². The number of nitriles is 1. The molecule has 0 saturated heterocycles. The maximum atomic E-state index is 13.1. The van der Waals surface area contributed by atoms with E-state index >= 15 is 0 Å². The third-order valence-corrected chi connectivity index (χ3v) is 4.65. The van der Waals surface area contributed by atoms with Crippen molar-refractivity contribution in [3.63, 3.8) is 0 Å². The molecule has 0 atom stereocenters. The largest absolute Gasteiger partial charge is 0.367 e. The van der Waals surface area contributed by atoms with Gasteiger partial charge in [-0.1, -0.05) is 11.6 Å². The molecular formula is C19H14BrClN6O3. The Morgan fingerprint density at radius 3 is 2.77 bits per heavy atom. The number of halogens is 2. The molecule has 1 amide bonds. The van der Waals surface area contributed by atoms with Gasteiger partial charge in [0.25, 0.3) is 5.91 Å². The number of hydroxylamine groups is 1. The highest BCUT2D eigenvalue weighted by molar-refractivity contribution is 9.10. The summed E-state index contributed by atoms with van der Waals surface area (Å²) in [5, 5.41) is 16.4. The number of carbonyl (C=O) groups is 2. The van der Waals surface area contributed by atoms with Gasteiger partial charge in [0.2, 0.25) is 0 Å². The van der Waals surface area contributed by atoms with Crippen molar-refractivity contribution in [1.82, 2.24) is 20.2 Å². The van der Waals surface area contributed by atoms with E-state index < -0.39 is 11.9 Å². The lowest BCUT2D eigenvalue weighted by molar-refractivity contribution is 0.0311. The number of rotatable bonds is 5. The monoisotopic (exact) mass is 488 g/mol. The van der Waals surface area contributed by atoms with Gasteiger partial charge in [0.05, 0.1) is 27.9 Å². The SMILES string of the molecule is CNOC(=O)c1cc(C#N)cc(C)c1NC(=O)c1cc(Br)nn1-c1ncccc1Cl. The molecule has 3 rings (SSSR count). The molecule has 9 nitrogen and oxygen atoms in total. The van der Waals surface area contributed by atoms with Crippen molar-refractivity contribution >= 4 is 45.1 Å². The van der Waals surface area contributed by atoms with Crippen molar-refractivity contribution in [2.75, 3.05) is 12.4 Å². The molecule has 0 saturated carbocycles. The topological polar surface area (TPSA) is 122 Å². The Hall–Kier alpha value is -3.26. The number of hydrogen-bond donors (Lipinski definition) is 2. The summed E-state index contributed by atoms with van der Waals surface area (Å²) in [5.41, 5.74) is 3.40. The van der Waals surface area contributed by atoms with Crippen LogP contribution in [0.25, 0.3) is 5.82 Å². The highest BCUT2D eigenvalue weighted by Gasteiger charge is 2.23. The van der Waals surface area contributed by atoms with Crippen LogP contribution in [0.5, 0.6) is 0 Å². The minimum absolute atomic E-state index is 0.0234. The average molecular weight is 490 g/mol. The first-order valence-electron chi connectivity index (χ1n) is 8.46. The van der Waals surface area contributed by atoms with Crippen molar-refractivity contribution in [2.24, 2.45) is 0 Å². The first kappa shape index (κ1) is 21.4. The maximum absolute atomic E-state index is 13.1. The van der Waals surface area contributed by atoms with Crippen molar-refractivity contribution in [1.29, 1.82) is 5.26 Å². The fourth-order valence-corrected chi connectivity index (χ4v) is 3.29. The average Bonchev–Trinajstić information content (AvgIpc) is 3.11. The lowest BCUT2D eigenvalue weighted by atomic mass is 10.0. The first-order valence-corrected chi connectivity index (χ1v) is 9.63. The zero-order valence-electron chi connectivity index (χ0n) is 15.7. The molecule has 0 fully saturated rings. The van der Waals surface area contributed by atoms with Crippen LogP contribution in [0, 0.1) is 18.3 Å². The molecule has 0 aliphatic rings. The van der Waals surface area contributed by atoms with Crippen molar-refractivity contribution in [2.45, 2.75) is 6.92 Å². The van der Waals surface area contributed by atoms with E-state index in [1.807, 2.05) is 6.07 Å². The van der Waals surface area contributed by atoms with Crippen LogP contribution in [-0.4, -0.2) is 33.7 Å². The van der Waals surface area contributed by atoms with E-state index in [1.54, 1.807) is 25.1 Å². The molecule has 30 heavy (non-hydrogen) atoms. The number of pyridine rings is 1. The minimum atomic E-state index is -0.754. The van der Waals surface area contributed by atoms with Crippen molar-refractivity contribution in [3.8, 4) is 11.9 Å². The molecule has 2 N–H and O–H groups in total. The van der Waals surface area contributed by atoms with Gasteiger partial charge < -0.3 is 10.2 Å². The number of nitrogens with zero attached hydrogens (tertiary/aromatic N) is 4. The molecule has 0 unspecified atom stereocenters. The molecule has 0 aliphatic heterocycles. The summed E-state index contributed by atoms with van der Waals surface area (Å²) in [5.74, 6) is -1.06. The quantitative estimate of drug-likeness (QED) is 0.527. The number of anilines is 1. The molecule has 0 radical (unpaired) electrons. The fourth-order valence-electron chi connectivity index (χ4n) is 2.71. The van der Waals surface area contributed by atoms with E-state index in [0.717, 1.165) is 0 Å². The van der Waals surface area contributed by atoms with E-state index in [-0.39, 0.29) is 28.3 Å². The first-order chi connectivity index (χ1) is 14.3. The van der Waals surface area contributed by atoms with E-state index in [2.05, 4.69) is 36.8 Å². The molecule has 1 aromatic carbocycles. The van der Waals surface area contributed by atoms with E-state index in [1.165, 1.54) is 30.1 Å². The van der Waals surface area contributed by atoms with Crippen LogP contribution < -0.4 is 10.8 Å². The molecule has 152 valence electrons. The second-order valence-electron chi connectivity index (χ2n) is 5.95. The second kappa shape index (κ2) is 9.04. The third kappa shape index (κ3) is 4.33. The smallest absolute Gasteiger partial charge is 0.358 e. The van der Waals surface area contributed by atoms with Crippen molar-refractivity contribution < 1.29 is 14.4 Å². The second-order valence-corrected chi connectivity index (χ2v) is 7.17. The number of nitrogens with one attached hydrogen (secondary N) is 2. The predicted molar refractivity (Wildman–Crippen MR) is 112 cm³/mol. The molecule has 2 aromatic heterocycles. The standard InChI is InChI=1S/C19H14BrClN6O3/c1-10-6-11(9-22)7-12(19(29)30-23-2)16(10)25-18(28)14-8-15(20)26-27(14)17-13(21)4-3-5-24-17/h3-8,23H,1-2H3,(H,25,28). The number of hydrogen-bond acceptors (Lipinski definition) is 7.